The Hall–Kier alpha value is 0.01000. The van der Waals surface area contributed by atoms with Crippen LogP contribution in [0, 0.1) is 5.21 Å². The minimum Gasteiger partial charge on any atom is -0.633 e. The van der Waals surface area contributed by atoms with Crippen molar-refractivity contribution in [1.82, 2.24) is 0 Å². The molecule has 0 aromatic heterocycles. The molecule has 1 N–H and O–H groups in total. The zero-order chi connectivity index (χ0) is 5.98. The van der Waals surface area contributed by atoms with Crippen LogP contribution in [-0.2, 0) is 0 Å². The second-order valence-corrected chi connectivity index (χ2v) is 2.52. The summed E-state index contributed by atoms with van der Waals surface area (Å²) >= 11 is 4.06. The second kappa shape index (κ2) is 2.53. The zero-order valence-corrected chi connectivity index (χ0v) is 5.40. The van der Waals surface area contributed by atoms with Gasteiger partial charge in [0.05, 0.1) is 6.54 Å². The summed E-state index contributed by atoms with van der Waals surface area (Å²) in [4.78, 5) is 0. The van der Waals surface area contributed by atoms with Crippen LogP contribution in [0.3, 0.4) is 0 Å². The molecular formula is C5H9NOS. The molecule has 2 atom stereocenters. The molecule has 2 unspecified atom stereocenters. The van der Waals surface area contributed by atoms with Crippen molar-refractivity contribution in [2.75, 3.05) is 6.54 Å². The Morgan fingerprint density at radius 1 is 1.62 bits per heavy atom. The van der Waals surface area contributed by atoms with Crippen molar-refractivity contribution in [2.24, 2.45) is 0 Å². The molecule has 8 heavy (non-hydrogen) atoms. The van der Waals surface area contributed by atoms with Crippen LogP contribution in [0.1, 0.15) is 6.42 Å². The van der Waals surface area contributed by atoms with Crippen molar-refractivity contribution in [3.63, 3.8) is 0 Å². The second-order valence-electron chi connectivity index (χ2n) is 1.89. The summed E-state index contributed by atoms with van der Waals surface area (Å²) in [6.07, 6.45) is 4.70. The summed E-state index contributed by atoms with van der Waals surface area (Å²) in [7, 11) is 0. The van der Waals surface area contributed by atoms with Crippen LogP contribution in [0.4, 0.5) is 0 Å². The first-order valence-electron chi connectivity index (χ1n) is 2.66. The lowest BCUT2D eigenvalue weighted by Gasteiger charge is -2.28. The van der Waals surface area contributed by atoms with Crippen LogP contribution >= 0.6 is 12.6 Å². The van der Waals surface area contributed by atoms with E-state index >= 15 is 0 Å². The van der Waals surface area contributed by atoms with Crippen LogP contribution in [-0.4, -0.2) is 11.9 Å². The van der Waals surface area contributed by atoms with Crippen molar-refractivity contribution in [2.45, 2.75) is 11.8 Å². The quantitative estimate of drug-likeness (QED) is 0.261. The highest BCUT2D eigenvalue weighted by molar-refractivity contribution is 7.80. The highest BCUT2D eigenvalue weighted by Crippen LogP contribution is 1.96. The summed E-state index contributed by atoms with van der Waals surface area (Å²) in [6.45, 7) is 0.578. The lowest BCUT2D eigenvalue weighted by atomic mass is 10.3. The number of rotatable bonds is 0. The fourth-order valence-corrected chi connectivity index (χ4v) is 0.919. The van der Waals surface area contributed by atoms with Crippen LogP contribution < -0.4 is 5.06 Å². The predicted octanol–water partition coefficient (Wildman–Crippen LogP) is -0.415. The fraction of sp³-hybridized carbons (Fsp3) is 0.600. The molecule has 0 saturated carbocycles. The van der Waals surface area contributed by atoms with E-state index in [1.165, 1.54) is 0 Å². The molecule has 1 aliphatic rings. The fourth-order valence-electron chi connectivity index (χ4n) is 0.692. The number of hydroxylamine groups is 2. The Morgan fingerprint density at radius 3 is 2.75 bits per heavy atom. The molecule has 1 rings (SSSR count). The topological polar surface area (TPSA) is 27.5 Å². The van der Waals surface area contributed by atoms with Gasteiger partial charge in [0.1, 0.15) is 5.37 Å². The molecule has 0 saturated heterocycles. The molecule has 2 nitrogen and oxygen atoms in total. The molecular weight excluding hydrogens is 122 g/mol. The predicted molar refractivity (Wildman–Crippen MR) is 35.7 cm³/mol. The summed E-state index contributed by atoms with van der Waals surface area (Å²) < 4.78 is 0. The Labute approximate surface area is 54.2 Å². The van der Waals surface area contributed by atoms with Crippen molar-refractivity contribution < 1.29 is 5.06 Å². The number of hydrogen-bond acceptors (Lipinski definition) is 2. The number of hydrogen-bond donors (Lipinski definition) is 2. The van der Waals surface area contributed by atoms with E-state index in [0.29, 0.717) is 6.54 Å². The maximum atomic E-state index is 10.7. The van der Waals surface area contributed by atoms with E-state index in [-0.39, 0.29) is 10.4 Å². The Kier molecular flexibility index (Phi) is 1.94. The van der Waals surface area contributed by atoms with Crippen molar-refractivity contribution >= 4 is 12.6 Å². The van der Waals surface area contributed by atoms with Crippen LogP contribution in [0.25, 0.3) is 0 Å². The van der Waals surface area contributed by atoms with Gasteiger partial charge in [0.2, 0.25) is 0 Å². The van der Waals surface area contributed by atoms with Crippen molar-refractivity contribution in [3.8, 4) is 0 Å². The first-order chi connectivity index (χ1) is 3.80. The molecule has 0 fully saturated rings. The summed E-state index contributed by atoms with van der Waals surface area (Å²) in [5.74, 6) is 0. The largest absolute Gasteiger partial charge is 0.633 e. The third kappa shape index (κ3) is 1.24. The Balaban J connectivity index is 2.44. The van der Waals surface area contributed by atoms with Crippen LogP contribution in [0.2, 0.25) is 0 Å². The average Bonchev–Trinajstić information content (AvgIpc) is 1.77. The highest BCUT2D eigenvalue weighted by Gasteiger charge is 2.09. The molecule has 0 aliphatic carbocycles. The number of thiol groups is 1. The molecule has 1 heterocycles. The first kappa shape index (κ1) is 6.13. The SMILES string of the molecule is [O-][NH+]1CC=CCC1S. The molecule has 1 aliphatic heterocycles. The van der Waals surface area contributed by atoms with Crippen molar-refractivity contribution in [1.29, 1.82) is 0 Å². The third-order valence-electron chi connectivity index (χ3n) is 1.22. The lowest BCUT2D eigenvalue weighted by molar-refractivity contribution is -0.853. The van der Waals surface area contributed by atoms with Gasteiger partial charge in [0.15, 0.2) is 0 Å². The standard InChI is InChI=1S/C5H9NOS/c7-6-4-2-1-3-5(6)8/h1-2,5-6,8H,3-4H2. The van der Waals surface area contributed by atoms with Gasteiger partial charge >= 0.3 is 0 Å². The van der Waals surface area contributed by atoms with Gasteiger partial charge in [0, 0.05) is 6.42 Å². The van der Waals surface area contributed by atoms with Gasteiger partial charge in [-0.1, -0.05) is 6.08 Å². The molecule has 46 valence electrons. The van der Waals surface area contributed by atoms with Gasteiger partial charge in [-0.15, -0.1) is 12.6 Å². The van der Waals surface area contributed by atoms with Crippen LogP contribution in [0.15, 0.2) is 12.2 Å². The summed E-state index contributed by atoms with van der Waals surface area (Å²) in [5.41, 5.74) is 0. The molecule has 0 radical (unpaired) electrons. The van der Waals surface area contributed by atoms with E-state index in [1.54, 1.807) is 0 Å². The average molecular weight is 131 g/mol. The zero-order valence-electron chi connectivity index (χ0n) is 4.50. The van der Waals surface area contributed by atoms with E-state index in [9.17, 15) is 5.21 Å². The molecule has 3 heteroatoms. The summed E-state index contributed by atoms with van der Waals surface area (Å²) in [5, 5.41) is 10.9. The first-order valence-corrected chi connectivity index (χ1v) is 3.18. The van der Waals surface area contributed by atoms with E-state index in [1.807, 2.05) is 12.2 Å². The lowest BCUT2D eigenvalue weighted by Crippen LogP contribution is -3.10. The van der Waals surface area contributed by atoms with Crippen LogP contribution in [0.5, 0.6) is 0 Å². The van der Waals surface area contributed by atoms with Gasteiger partial charge in [0.25, 0.3) is 0 Å². The number of nitrogens with one attached hydrogen (secondary N) is 1. The molecule has 0 spiro atoms. The van der Waals surface area contributed by atoms with Gasteiger partial charge in [-0.25, -0.2) is 0 Å². The Bertz CT molecular complexity index is 92.6. The maximum Gasteiger partial charge on any atom is 0.135 e. The molecule has 0 aromatic rings. The maximum absolute atomic E-state index is 10.7. The summed E-state index contributed by atoms with van der Waals surface area (Å²) in [6, 6.07) is 0. The molecule has 0 aromatic carbocycles. The molecule has 0 bridgehead atoms. The van der Waals surface area contributed by atoms with Gasteiger partial charge in [-0.2, -0.15) is 0 Å². The smallest absolute Gasteiger partial charge is 0.135 e. The monoisotopic (exact) mass is 131 g/mol. The van der Waals surface area contributed by atoms with E-state index in [0.717, 1.165) is 6.42 Å². The molecule has 0 amide bonds. The minimum absolute atomic E-state index is 0.0278. The Morgan fingerprint density at radius 2 is 2.38 bits per heavy atom. The van der Waals surface area contributed by atoms with Gasteiger partial charge in [-0.05, 0) is 6.08 Å². The minimum atomic E-state index is -0.0278. The van der Waals surface area contributed by atoms with Gasteiger partial charge < -0.3 is 10.3 Å². The highest BCUT2D eigenvalue weighted by atomic mass is 32.1. The third-order valence-corrected chi connectivity index (χ3v) is 1.72. The number of quaternary nitrogens is 1. The van der Waals surface area contributed by atoms with E-state index in [2.05, 4.69) is 12.6 Å². The normalized spacial score (nSPS) is 37.8. The van der Waals surface area contributed by atoms with Crippen molar-refractivity contribution in [3.05, 3.63) is 17.4 Å². The van der Waals surface area contributed by atoms with Gasteiger partial charge in [-0.3, -0.25) is 0 Å². The van der Waals surface area contributed by atoms with E-state index < -0.39 is 0 Å². The van der Waals surface area contributed by atoms with E-state index in [4.69, 9.17) is 0 Å².